The van der Waals surface area contributed by atoms with Gasteiger partial charge in [-0.3, -0.25) is 0 Å². The lowest BCUT2D eigenvalue weighted by molar-refractivity contribution is 0.275. The molecule has 0 aliphatic heterocycles. The molecule has 0 unspecified atom stereocenters. The average molecular weight is 289 g/mol. The number of ether oxygens (including phenoxy) is 2. The van der Waals surface area contributed by atoms with Crippen LogP contribution in [0.4, 0.5) is 0 Å². The number of aryl methyl sites for hydroxylation is 1. The van der Waals surface area contributed by atoms with E-state index in [-0.39, 0.29) is 6.04 Å². The zero-order chi connectivity index (χ0) is 15.2. The van der Waals surface area contributed by atoms with Crippen LogP contribution in [0.15, 0.2) is 30.7 Å². The van der Waals surface area contributed by atoms with Gasteiger partial charge in [0.05, 0.1) is 25.3 Å². The van der Waals surface area contributed by atoms with Gasteiger partial charge in [-0.15, -0.1) is 0 Å². The molecule has 1 aromatic heterocycles. The third-order valence-corrected chi connectivity index (χ3v) is 3.35. The second kappa shape index (κ2) is 7.13. The summed E-state index contributed by atoms with van der Waals surface area (Å²) in [6, 6.07) is 5.76. The van der Waals surface area contributed by atoms with Crippen molar-refractivity contribution in [2.45, 2.75) is 39.5 Å². The number of hydrogen-bond acceptors (Lipinski definition) is 4. The van der Waals surface area contributed by atoms with Gasteiger partial charge in [0.25, 0.3) is 0 Å². The van der Waals surface area contributed by atoms with E-state index in [1.807, 2.05) is 37.6 Å². The van der Waals surface area contributed by atoms with Crippen molar-refractivity contribution >= 4 is 0 Å². The predicted octanol–water partition coefficient (Wildman–Crippen LogP) is 2.90. The normalized spacial score (nSPS) is 12.2. The largest absolute Gasteiger partial charge is 0.493 e. The Labute approximate surface area is 125 Å². The third-order valence-electron chi connectivity index (χ3n) is 3.35. The summed E-state index contributed by atoms with van der Waals surface area (Å²) in [6.07, 6.45) is 4.73. The van der Waals surface area contributed by atoms with Crippen LogP contribution >= 0.6 is 0 Å². The van der Waals surface area contributed by atoms with Gasteiger partial charge in [-0.2, -0.15) is 0 Å². The molecule has 0 fully saturated rings. The molecule has 2 rings (SSSR count). The first-order valence-electron chi connectivity index (χ1n) is 7.21. The molecule has 5 heteroatoms. The number of benzene rings is 1. The number of methoxy groups -OCH3 is 1. The lowest BCUT2D eigenvalue weighted by Crippen LogP contribution is -2.07. The molecule has 0 bridgehead atoms. The summed E-state index contributed by atoms with van der Waals surface area (Å²) in [5.41, 5.74) is 7.96. The molecule has 0 radical (unpaired) electrons. The van der Waals surface area contributed by atoms with Gasteiger partial charge in [0.15, 0.2) is 11.5 Å². The maximum absolute atomic E-state index is 5.88. The van der Waals surface area contributed by atoms with Crippen molar-refractivity contribution in [3.8, 4) is 11.5 Å². The maximum atomic E-state index is 5.88. The molecule has 1 atom stereocenters. The number of nitrogens with zero attached hydrogens (tertiary/aromatic N) is 2. The molecule has 114 valence electrons. The monoisotopic (exact) mass is 289 g/mol. The topological polar surface area (TPSA) is 62.3 Å². The molecular formula is C16H23N3O2. The highest BCUT2D eigenvalue weighted by Crippen LogP contribution is 2.30. The van der Waals surface area contributed by atoms with Crippen LogP contribution in [0.5, 0.6) is 11.5 Å². The lowest BCUT2D eigenvalue weighted by atomic mass is 10.1. The summed E-state index contributed by atoms with van der Waals surface area (Å²) < 4.78 is 13.3. The first-order chi connectivity index (χ1) is 10.2. The Hall–Kier alpha value is -2.01. The van der Waals surface area contributed by atoms with Crippen LogP contribution < -0.4 is 15.2 Å². The minimum atomic E-state index is -0.0288. The second-order valence-corrected chi connectivity index (χ2v) is 5.07. The molecule has 21 heavy (non-hydrogen) atoms. The number of nitrogens with two attached hydrogens (primary N) is 1. The van der Waals surface area contributed by atoms with Crippen LogP contribution in [0.25, 0.3) is 0 Å². The van der Waals surface area contributed by atoms with Crippen molar-refractivity contribution in [1.29, 1.82) is 0 Å². The Morgan fingerprint density at radius 2 is 2.14 bits per heavy atom. The summed E-state index contributed by atoms with van der Waals surface area (Å²) in [6.45, 7) is 5.49. The lowest BCUT2D eigenvalue weighted by Gasteiger charge is -2.14. The average Bonchev–Trinajstić information content (AvgIpc) is 2.92. The summed E-state index contributed by atoms with van der Waals surface area (Å²) in [4.78, 5) is 4.17. The van der Waals surface area contributed by atoms with E-state index in [0.717, 1.165) is 24.2 Å². The number of aromatic nitrogens is 2. The summed E-state index contributed by atoms with van der Waals surface area (Å²) >= 11 is 0. The minimum Gasteiger partial charge on any atom is -0.493 e. The maximum Gasteiger partial charge on any atom is 0.161 e. The molecule has 2 N–H and O–H groups in total. The molecule has 1 aromatic carbocycles. The van der Waals surface area contributed by atoms with E-state index in [9.17, 15) is 0 Å². The predicted molar refractivity (Wildman–Crippen MR) is 82.4 cm³/mol. The van der Waals surface area contributed by atoms with Gasteiger partial charge in [-0.1, -0.05) is 13.0 Å². The van der Waals surface area contributed by atoms with E-state index < -0.39 is 0 Å². The van der Waals surface area contributed by atoms with E-state index >= 15 is 0 Å². The molecule has 0 saturated carbocycles. The van der Waals surface area contributed by atoms with Crippen molar-refractivity contribution in [2.24, 2.45) is 5.73 Å². The molecule has 0 aliphatic rings. The molecule has 5 nitrogen and oxygen atoms in total. The smallest absolute Gasteiger partial charge is 0.161 e. The van der Waals surface area contributed by atoms with Gasteiger partial charge >= 0.3 is 0 Å². The molecule has 2 aromatic rings. The quantitative estimate of drug-likeness (QED) is 0.851. The Kier molecular flexibility index (Phi) is 5.22. The summed E-state index contributed by atoms with van der Waals surface area (Å²) in [5.74, 6) is 1.41. The summed E-state index contributed by atoms with van der Waals surface area (Å²) in [5, 5.41) is 0. The fraction of sp³-hybridized carbons (Fsp3) is 0.438. The fourth-order valence-electron chi connectivity index (χ4n) is 2.15. The highest BCUT2D eigenvalue weighted by Gasteiger charge is 2.09. The molecule has 1 heterocycles. The van der Waals surface area contributed by atoms with Crippen molar-refractivity contribution in [1.82, 2.24) is 9.55 Å². The van der Waals surface area contributed by atoms with Crippen LogP contribution in [0.2, 0.25) is 0 Å². The van der Waals surface area contributed by atoms with Gasteiger partial charge in [-0.25, -0.2) is 4.98 Å². The van der Waals surface area contributed by atoms with E-state index in [2.05, 4.69) is 16.5 Å². The van der Waals surface area contributed by atoms with Gasteiger partial charge in [0.1, 0.15) is 6.61 Å². The van der Waals surface area contributed by atoms with Gasteiger partial charge in [0.2, 0.25) is 0 Å². The second-order valence-electron chi connectivity index (χ2n) is 5.07. The van der Waals surface area contributed by atoms with Gasteiger partial charge in [-0.05, 0) is 31.0 Å². The fourth-order valence-corrected chi connectivity index (χ4v) is 2.15. The summed E-state index contributed by atoms with van der Waals surface area (Å²) in [7, 11) is 1.63. The Morgan fingerprint density at radius 1 is 1.33 bits per heavy atom. The van der Waals surface area contributed by atoms with E-state index in [4.69, 9.17) is 15.2 Å². The zero-order valence-electron chi connectivity index (χ0n) is 12.9. The minimum absolute atomic E-state index is 0.0288. The number of rotatable bonds is 7. The zero-order valence-corrected chi connectivity index (χ0v) is 12.9. The Bertz CT molecular complexity index is 579. The SMILES string of the molecule is CCCn1cncc1COc1ccc([C@H](C)N)cc1OC. The van der Waals surface area contributed by atoms with E-state index in [1.54, 1.807) is 7.11 Å². The van der Waals surface area contributed by atoms with Crippen molar-refractivity contribution in [3.05, 3.63) is 42.0 Å². The van der Waals surface area contributed by atoms with Crippen LogP contribution in [-0.4, -0.2) is 16.7 Å². The highest BCUT2D eigenvalue weighted by atomic mass is 16.5. The van der Waals surface area contributed by atoms with Crippen molar-refractivity contribution < 1.29 is 9.47 Å². The van der Waals surface area contributed by atoms with Crippen molar-refractivity contribution in [2.75, 3.05) is 7.11 Å². The number of hydrogen-bond donors (Lipinski definition) is 1. The Morgan fingerprint density at radius 3 is 2.81 bits per heavy atom. The van der Waals surface area contributed by atoms with Crippen LogP contribution in [0.3, 0.4) is 0 Å². The van der Waals surface area contributed by atoms with Crippen LogP contribution in [0.1, 0.15) is 37.6 Å². The first kappa shape index (κ1) is 15.4. The molecular weight excluding hydrogens is 266 g/mol. The highest BCUT2D eigenvalue weighted by molar-refractivity contribution is 5.43. The van der Waals surface area contributed by atoms with E-state index in [0.29, 0.717) is 18.1 Å². The first-order valence-corrected chi connectivity index (χ1v) is 7.21. The van der Waals surface area contributed by atoms with Gasteiger partial charge < -0.3 is 19.8 Å². The Balaban J connectivity index is 2.10. The van der Waals surface area contributed by atoms with Gasteiger partial charge in [0, 0.05) is 12.6 Å². The van der Waals surface area contributed by atoms with Crippen LogP contribution in [0, 0.1) is 0 Å². The van der Waals surface area contributed by atoms with Crippen LogP contribution in [-0.2, 0) is 13.2 Å². The standard InChI is InChI=1S/C16H23N3O2/c1-4-7-19-11-18-9-14(19)10-21-15-6-5-13(12(2)17)8-16(15)20-3/h5-6,8-9,11-12H,4,7,10,17H2,1-3H3/t12-/m0/s1. The molecule has 0 saturated heterocycles. The number of imidazole rings is 1. The van der Waals surface area contributed by atoms with E-state index in [1.165, 1.54) is 0 Å². The molecule has 0 amide bonds. The van der Waals surface area contributed by atoms with Crippen molar-refractivity contribution in [3.63, 3.8) is 0 Å². The third kappa shape index (κ3) is 3.76. The molecule has 0 aliphatic carbocycles. The molecule has 0 spiro atoms.